The molecular formula is C21H29N5O6Si. The highest BCUT2D eigenvalue weighted by atomic mass is 28.4. The first-order valence-electron chi connectivity index (χ1n) is 11.0. The Morgan fingerprint density at radius 1 is 1.36 bits per heavy atom. The first-order valence-corrected chi connectivity index (χ1v) is 14.0. The number of hydrogen-bond donors (Lipinski definition) is 2. The lowest BCUT2D eigenvalue weighted by Gasteiger charge is -2.32. The fraction of sp³-hybridized carbons (Fsp3) is 0.571. The van der Waals surface area contributed by atoms with Crippen LogP contribution < -0.4 is 4.90 Å². The third-order valence-electron chi connectivity index (χ3n) is 6.91. The topological polar surface area (TPSA) is 144 Å². The maximum atomic E-state index is 13.6. The van der Waals surface area contributed by atoms with Crippen molar-refractivity contribution < 1.29 is 24.4 Å². The fourth-order valence-electron chi connectivity index (χ4n) is 5.49. The Balaban J connectivity index is 1.71. The lowest BCUT2D eigenvalue weighted by molar-refractivity contribution is -0.385. The van der Waals surface area contributed by atoms with Crippen molar-refractivity contribution >= 4 is 25.6 Å². The molecule has 0 saturated carbocycles. The van der Waals surface area contributed by atoms with Gasteiger partial charge in [-0.05, 0) is 25.6 Å². The van der Waals surface area contributed by atoms with Gasteiger partial charge in [0.1, 0.15) is 0 Å². The highest BCUT2D eigenvalue weighted by molar-refractivity contribution is 6.71. The van der Waals surface area contributed by atoms with E-state index in [1.807, 2.05) is 20.0 Å². The highest BCUT2D eigenvalue weighted by Gasteiger charge is 2.65. The second-order valence-electron chi connectivity index (χ2n) is 9.42. The van der Waals surface area contributed by atoms with Crippen LogP contribution in [0.5, 0.6) is 0 Å². The number of carbonyl (C=O) groups excluding carboxylic acids is 1. The number of nitro benzene ring substituents is 1. The summed E-state index contributed by atoms with van der Waals surface area (Å²) in [7, 11) is -1.17. The molecular weight excluding hydrogens is 446 g/mol. The molecule has 1 saturated heterocycles. The van der Waals surface area contributed by atoms with E-state index in [-0.39, 0.29) is 29.7 Å². The predicted molar refractivity (Wildman–Crippen MR) is 121 cm³/mol. The van der Waals surface area contributed by atoms with Gasteiger partial charge in [0.15, 0.2) is 13.9 Å². The van der Waals surface area contributed by atoms with Crippen LogP contribution in [-0.4, -0.2) is 63.8 Å². The van der Waals surface area contributed by atoms with Gasteiger partial charge in [0.2, 0.25) is 0 Å². The van der Waals surface area contributed by atoms with Crippen LogP contribution in [-0.2, 0) is 28.1 Å². The van der Waals surface area contributed by atoms with Crippen molar-refractivity contribution in [2.45, 2.75) is 56.7 Å². The van der Waals surface area contributed by atoms with E-state index >= 15 is 0 Å². The van der Waals surface area contributed by atoms with Crippen LogP contribution in [0.2, 0.25) is 18.6 Å². The number of nitro groups is 1. The third kappa shape index (κ3) is 3.76. The summed E-state index contributed by atoms with van der Waals surface area (Å²) >= 11 is 0. The summed E-state index contributed by atoms with van der Waals surface area (Å²) in [6.07, 6.45) is 2.21. The van der Waals surface area contributed by atoms with E-state index < -0.39 is 24.9 Å². The lowest BCUT2D eigenvalue weighted by Crippen LogP contribution is -2.45. The number of rotatable bonds is 7. The maximum absolute atomic E-state index is 13.6. The van der Waals surface area contributed by atoms with E-state index in [1.165, 1.54) is 17.0 Å². The van der Waals surface area contributed by atoms with E-state index in [1.54, 1.807) is 24.0 Å². The molecule has 1 amide bonds. The average Bonchev–Trinajstić information content (AvgIpc) is 3.38. The Morgan fingerprint density at radius 3 is 2.73 bits per heavy atom. The smallest absolute Gasteiger partial charge is 0.269 e. The number of likely N-dealkylation sites (N-methyl/N-ethyl adjacent to an activating group) is 1. The number of amides is 1. The molecule has 1 spiro atoms. The first kappa shape index (κ1) is 23.5. The molecule has 2 aliphatic rings. The largest absolute Gasteiger partial charge is 0.432 e. The molecule has 33 heavy (non-hydrogen) atoms. The quantitative estimate of drug-likeness (QED) is 0.349. The van der Waals surface area contributed by atoms with Crippen LogP contribution in [0.1, 0.15) is 24.6 Å². The van der Waals surface area contributed by atoms with Gasteiger partial charge < -0.3 is 19.5 Å². The number of fused-ring (bicyclic) bond motifs is 2. The minimum atomic E-state index is -2.81. The molecule has 11 nitrogen and oxygen atoms in total. The molecule has 2 aromatic rings. The normalized spacial score (nSPS) is 26.9. The molecule has 2 aliphatic heterocycles. The SMILES string of the molecule is C[C@H]1[C@H]([Si](C)(C)O)[C@@H](CCn2cc(CCO)nn2)O[C@]12C(=O)N(C)c1ccc([N+](=O)[O-])cc12. The summed E-state index contributed by atoms with van der Waals surface area (Å²) in [5.74, 6) is -0.657. The molecule has 1 aromatic heterocycles. The van der Waals surface area contributed by atoms with Gasteiger partial charge in [-0.3, -0.25) is 19.6 Å². The second-order valence-corrected chi connectivity index (χ2v) is 13.4. The Morgan fingerprint density at radius 2 is 2.09 bits per heavy atom. The number of ether oxygens (including phenoxy) is 1. The summed E-state index contributed by atoms with van der Waals surface area (Å²) in [4.78, 5) is 37.2. The summed E-state index contributed by atoms with van der Waals surface area (Å²) in [5, 5.41) is 28.6. The molecule has 178 valence electrons. The van der Waals surface area contributed by atoms with Gasteiger partial charge in [0.05, 0.1) is 22.4 Å². The van der Waals surface area contributed by atoms with Gasteiger partial charge in [-0.25, -0.2) is 0 Å². The van der Waals surface area contributed by atoms with Crippen molar-refractivity contribution in [3.63, 3.8) is 0 Å². The van der Waals surface area contributed by atoms with Gasteiger partial charge in [-0.1, -0.05) is 12.1 Å². The Kier molecular flexibility index (Phi) is 5.89. The predicted octanol–water partition coefficient (Wildman–Crippen LogP) is 1.59. The van der Waals surface area contributed by atoms with Gasteiger partial charge in [-0.15, -0.1) is 5.10 Å². The van der Waals surface area contributed by atoms with E-state index in [2.05, 4.69) is 10.3 Å². The summed E-state index contributed by atoms with van der Waals surface area (Å²) in [6, 6.07) is 4.39. The molecule has 0 unspecified atom stereocenters. The number of aryl methyl sites for hydroxylation is 1. The average molecular weight is 476 g/mol. The van der Waals surface area contributed by atoms with Gasteiger partial charge in [-0.2, -0.15) is 0 Å². The zero-order chi connectivity index (χ0) is 24.1. The molecule has 4 atom stereocenters. The summed E-state index contributed by atoms with van der Waals surface area (Å²) < 4.78 is 8.20. The first-order chi connectivity index (χ1) is 15.5. The van der Waals surface area contributed by atoms with Crippen LogP contribution in [0.4, 0.5) is 11.4 Å². The molecule has 3 heterocycles. The fourth-order valence-corrected chi connectivity index (χ4v) is 8.09. The highest BCUT2D eigenvalue weighted by Crippen LogP contribution is 2.59. The second kappa shape index (κ2) is 8.28. The third-order valence-corrected chi connectivity index (χ3v) is 9.41. The van der Waals surface area contributed by atoms with Crippen LogP contribution >= 0.6 is 0 Å². The van der Waals surface area contributed by atoms with Crippen LogP contribution in [0.15, 0.2) is 24.4 Å². The molecule has 0 bridgehead atoms. The molecule has 12 heteroatoms. The maximum Gasteiger partial charge on any atom is 0.269 e. The van der Waals surface area contributed by atoms with Crippen LogP contribution in [0.25, 0.3) is 0 Å². The minimum absolute atomic E-state index is 0.0159. The van der Waals surface area contributed by atoms with Crippen molar-refractivity contribution in [3.05, 3.63) is 45.8 Å². The molecule has 1 fully saturated rings. The van der Waals surface area contributed by atoms with Gasteiger partial charge in [0.25, 0.3) is 11.6 Å². The Labute approximate surface area is 192 Å². The zero-order valence-electron chi connectivity index (χ0n) is 19.1. The van der Waals surface area contributed by atoms with Crippen molar-refractivity contribution in [1.29, 1.82) is 0 Å². The van der Waals surface area contributed by atoms with Crippen molar-refractivity contribution in [2.24, 2.45) is 5.92 Å². The molecule has 4 rings (SSSR count). The van der Waals surface area contributed by atoms with Crippen molar-refractivity contribution in [3.8, 4) is 0 Å². The van der Waals surface area contributed by atoms with Crippen molar-refractivity contribution in [1.82, 2.24) is 15.0 Å². The number of benzene rings is 1. The van der Waals surface area contributed by atoms with Crippen LogP contribution in [0.3, 0.4) is 0 Å². The Hall–Kier alpha value is -2.67. The molecule has 1 aromatic carbocycles. The number of aliphatic hydroxyl groups excluding tert-OH is 1. The van der Waals surface area contributed by atoms with E-state index in [4.69, 9.17) is 9.84 Å². The number of non-ortho nitro benzene ring substituents is 1. The van der Waals surface area contributed by atoms with Gasteiger partial charge in [0, 0.05) is 62.0 Å². The zero-order valence-corrected chi connectivity index (χ0v) is 20.1. The minimum Gasteiger partial charge on any atom is -0.432 e. The number of anilines is 1. The molecule has 0 radical (unpaired) electrons. The summed E-state index contributed by atoms with van der Waals surface area (Å²) in [5.41, 5.74) is -0.0281. The Bertz CT molecular complexity index is 1090. The van der Waals surface area contributed by atoms with E-state index in [0.717, 1.165) is 0 Å². The number of hydrogen-bond acceptors (Lipinski definition) is 8. The van der Waals surface area contributed by atoms with Crippen molar-refractivity contribution in [2.75, 3.05) is 18.6 Å². The monoisotopic (exact) mass is 475 g/mol. The van der Waals surface area contributed by atoms with E-state index in [0.29, 0.717) is 36.3 Å². The van der Waals surface area contributed by atoms with Crippen LogP contribution in [0, 0.1) is 16.0 Å². The molecule has 2 N–H and O–H groups in total. The lowest BCUT2D eigenvalue weighted by atomic mass is 9.82. The number of nitrogens with zero attached hydrogens (tertiary/aromatic N) is 5. The standard InChI is InChI=1S/C21H29N5O6Si/c1-13-19(33(3,4)31)18(7-9-25-12-14(8-10-27)22-23-25)32-21(13)16-11-15(26(29)30)5-6-17(16)24(2)20(21)28/h5-6,11-13,18-19,27,31H,7-10H2,1-4H3/t13-,18+,19-,21+/m0/s1. The van der Waals surface area contributed by atoms with E-state index in [9.17, 15) is 19.7 Å². The number of aromatic nitrogens is 3. The number of carbonyl (C=O) groups is 1. The van der Waals surface area contributed by atoms with Gasteiger partial charge >= 0.3 is 0 Å². The number of aliphatic hydroxyl groups is 1. The molecule has 0 aliphatic carbocycles. The summed E-state index contributed by atoms with van der Waals surface area (Å²) in [6.45, 7) is 5.99.